The van der Waals surface area contributed by atoms with Crippen LogP contribution in [0.4, 0.5) is 17.1 Å². The normalized spacial score (nSPS) is 11.2. The lowest BCUT2D eigenvalue weighted by Crippen LogP contribution is -2.12. The summed E-state index contributed by atoms with van der Waals surface area (Å²) in [7, 11) is 0. The molecule has 2 heteroatoms. The molecule has 62 heavy (non-hydrogen) atoms. The quantitative estimate of drug-likeness (QED) is 0.141. The van der Waals surface area contributed by atoms with E-state index in [2.05, 4.69) is 264 Å². The van der Waals surface area contributed by atoms with Crippen molar-refractivity contribution >= 4 is 38.9 Å². The van der Waals surface area contributed by atoms with Gasteiger partial charge in [0.25, 0.3) is 0 Å². The van der Waals surface area contributed by atoms with Crippen LogP contribution < -0.4 is 4.90 Å². The molecule has 292 valence electrons. The second kappa shape index (κ2) is 16.1. The van der Waals surface area contributed by atoms with Crippen LogP contribution in [0.2, 0.25) is 0 Å². The van der Waals surface area contributed by atoms with Crippen molar-refractivity contribution in [3.8, 4) is 61.3 Å². The van der Waals surface area contributed by atoms with E-state index in [1.165, 1.54) is 60.8 Å². The van der Waals surface area contributed by atoms with E-state index in [0.717, 1.165) is 39.4 Å². The van der Waals surface area contributed by atoms with E-state index in [9.17, 15) is 0 Å². The predicted octanol–water partition coefficient (Wildman–Crippen LogP) is 16.6. The molecule has 10 aromatic carbocycles. The minimum absolute atomic E-state index is 1.07. The van der Waals surface area contributed by atoms with Crippen molar-refractivity contribution in [3.05, 3.63) is 255 Å². The van der Waals surface area contributed by atoms with Gasteiger partial charge in [-0.3, -0.25) is 0 Å². The van der Waals surface area contributed by atoms with E-state index in [1.807, 2.05) is 0 Å². The Bertz CT molecular complexity index is 3290. The van der Waals surface area contributed by atoms with Gasteiger partial charge < -0.3 is 9.47 Å². The first-order valence-corrected chi connectivity index (χ1v) is 21.3. The van der Waals surface area contributed by atoms with Gasteiger partial charge in [-0.05, 0) is 98.6 Å². The van der Waals surface area contributed by atoms with Crippen LogP contribution in [0.15, 0.2) is 255 Å². The summed E-state index contributed by atoms with van der Waals surface area (Å²) in [5.74, 6) is 0. The second-order valence-electron chi connectivity index (χ2n) is 15.7. The number of nitrogens with zero attached hydrogens (tertiary/aromatic N) is 2. The summed E-state index contributed by atoms with van der Waals surface area (Å²) >= 11 is 0. The molecule has 11 rings (SSSR count). The fourth-order valence-corrected chi connectivity index (χ4v) is 9.25. The first kappa shape index (κ1) is 36.8. The molecule has 1 heterocycles. The summed E-state index contributed by atoms with van der Waals surface area (Å²) < 4.78 is 2.40. The van der Waals surface area contributed by atoms with Crippen LogP contribution in [0, 0.1) is 0 Å². The molecule has 0 spiro atoms. The third kappa shape index (κ3) is 6.65. The molecule has 0 aliphatic rings. The highest BCUT2D eigenvalue weighted by Gasteiger charge is 2.22. The molecule has 2 nitrogen and oxygen atoms in total. The predicted molar refractivity (Wildman–Crippen MR) is 263 cm³/mol. The largest absolute Gasteiger partial charge is 0.310 e. The highest BCUT2D eigenvalue weighted by atomic mass is 15.1. The Morgan fingerprint density at radius 2 is 0.694 bits per heavy atom. The van der Waals surface area contributed by atoms with Crippen molar-refractivity contribution in [1.82, 2.24) is 4.57 Å². The van der Waals surface area contributed by atoms with Crippen LogP contribution in [-0.2, 0) is 0 Å². The lowest BCUT2D eigenvalue weighted by Gasteiger charge is -2.29. The number of benzene rings is 10. The van der Waals surface area contributed by atoms with E-state index in [-0.39, 0.29) is 0 Å². The van der Waals surface area contributed by atoms with E-state index in [4.69, 9.17) is 0 Å². The van der Waals surface area contributed by atoms with Crippen molar-refractivity contribution in [2.45, 2.75) is 0 Å². The number of fused-ring (bicyclic) bond motifs is 3. The summed E-state index contributed by atoms with van der Waals surface area (Å²) in [5.41, 5.74) is 18.5. The van der Waals surface area contributed by atoms with Crippen LogP contribution in [0.25, 0.3) is 83.1 Å². The third-order valence-electron chi connectivity index (χ3n) is 12.0. The minimum Gasteiger partial charge on any atom is -0.310 e. The summed E-state index contributed by atoms with van der Waals surface area (Å²) in [6.07, 6.45) is 0. The maximum Gasteiger partial charge on any atom is 0.0541 e. The number of aromatic nitrogens is 1. The maximum absolute atomic E-state index is 2.43. The maximum atomic E-state index is 2.43. The average Bonchev–Trinajstić information content (AvgIpc) is 3.69. The Hall–Kier alpha value is -8.20. The van der Waals surface area contributed by atoms with Crippen LogP contribution in [0.5, 0.6) is 0 Å². The van der Waals surface area contributed by atoms with Crippen molar-refractivity contribution in [2.24, 2.45) is 0 Å². The molecule has 0 fully saturated rings. The highest BCUT2D eigenvalue weighted by molar-refractivity contribution is 6.09. The molecule has 0 N–H and O–H groups in total. The van der Waals surface area contributed by atoms with Gasteiger partial charge in [-0.15, -0.1) is 0 Å². The van der Waals surface area contributed by atoms with Crippen LogP contribution in [0.3, 0.4) is 0 Å². The zero-order chi connectivity index (χ0) is 41.2. The molecule has 0 radical (unpaired) electrons. The molecular weight excluding hydrogens is 749 g/mol. The molecule has 0 unspecified atom stereocenters. The molecule has 0 atom stereocenters. The van der Waals surface area contributed by atoms with Gasteiger partial charge in [0.1, 0.15) is 0 Å². The zero-order valence-corrected chi connectivity index (χ0v) is 34.1. The number of hydrogen-bond acceptors (Lipinski definition) is 1. The van der Waals surface area contributed by atoms with Gasteiger partial charge in [-0.25, -0.2) is 0 Å². The summed E-state index contributed by atoms with van der Waals surface area (Å²) in [4.78, 5) is 2.43. The summed E-state index contributed by atoms with van der Waals surface area (Å²) in [6, 6.07) is 92.2. The molecule has 1 aromatic heterocycles. The average molecular weight is 791 g/mol. The molecule has 11 aromatic rings. The van der Waals surface area contributed by atoms with Crippen molar-refractivity contribution in [2.75, 3.05) is 4.90 Å². The summed E-state index contributed by atoms with van der Waals surface area (Å²) in [5, 5.41) is 2.49. The van der Waals surface area contributed by atoms with Crippen molar-refractivity contribution < 1.29 is 0 Å². The lowest BCUT2D eigenvalue weighted by atomic mass is 9.84. The first-order valence-electron chi connectivity index (χ1n) is 21.3. The minimum atomic E-state index is 1.07. The fourth-order valence-electron chi connectivity index (χ4n) is 9.25. The van der Waals surface area contributed by atoms with E-state index in [1.54, 1.807) is 0 Å². The zero-order valence-electron chi connectivity index (χ0n) is 34.1. The van der Waals surface area contributed by atoms with Crippen LogP contribution in [-0.4, -0.2) is 4.57 Å². The monoisotopic (exact) mass is 790 g/mol. The topological polar surface area (TPSA) is 8.17 Å². The first-order chi connectivity index (χ1) is 30.8. The van der Waals surface area contributed by atoms with Gasteiger partial charge in [0, 0.05) is 33.4 Å². The van der Waals surface area contributed by atoms with Gasteiger partial charge in [-0.1, -0.05) is 206 Å². The van der Waals surface area contributed by atoms with Gasteiger partial charge in [0.2, 0.25) is 0 Å². The summed E-state index contributed by atoms with van der Waals surface area (Å²) in [6.45, 7) is 0. The standard InChI is InChI=1S/C60H42N2/c1-4-21-43(22-5-1)50-31-10-11-35-56(50)60-52(45-25-8-3-9-26-45)36-20-37-53(60)46-27-18-28-47(41-46)61(57-38-15-12-32-51(57)44-23-6-2-7-24-44)48-29-19-30-49(42-48)62-58-39-16-13-33-54(58)55-34-14-17-40-59(55)62/h1-42H. The molecular formula is C60H42N2. The van der Waals surface area contributed by atoms with Gasteiger partial charge in [0.15, 0.2) is 0 Å². The third-order valence-corrected chi connectivity index (χ3v) is 12.0. The SMILES string of the molecule is c1ccc(-c2ccccc2-c2c(-c3ccccc3)cccc2-c2cccc(N(c3cccc(-n4c5ccccc5c5ccccc54)c3)c3ccccc3-c3ccccc3)c2)cc1. The Morgan fingerprint density at radius 1 is 0.274 bits per heavy atom. The molecule has 0 aliphatic heterocycles. The van der Waals surface area contributed by atoms with Crippen molar-refractivity contribution in [3.63, 3.8) is 0 Å². The van der Waals surface area contributed by atoms with Crippen molar-refractivity contribution in [1.29, 1.82) is 0 Å². The number of anilines is 3. The highest BCUT2D eigenvalue weighted by Crippen LogP contribution is 2.47. The van der Waals surface area contributed by atoms with Gasteiger partial charge in [0.05, 0.1) is 16.7 Å². The Morgan fingerprint density at radius 3 is 1.34 bits per heavy atom. The van der Waals surface area contributed by atoms with Crippen LogP contribution >= 0.6 is 0 Å². The Kier molecular flexibility index (Phi) is 9.57. The molecule has 0 amide bonds. The molecule has 0 saturated carbocycles. The Balaban J connectivity index is 1.14. The second-order valence-corrected chi connectivity index (χ2v) is 15.7. The lowest BCUT2D eigenvalue weighted by molar-refractivity contribution is 1.17. The fraction of sp³-hybridized carbons (Fsp3) is 0. The number of para-hydroxylation sites is 3. The Labute approximate surface area is 362 Å². The molecule has 0 aliphatic carbocycles. The number of rotatable bonds is 9. The van der Waals surface area contributed by atoms with E-state index in [0.29, 0.717) is 0 Å². The van der Waals surface area contributed by atoms with Gasteiger partial charge in [-0.2, -0.15) is 0 Å². The molecule has 0 saturated heterocycles. The number of hydrogen-bond donors (Lipinski definition) is 0. The smallest absolute Gasteiger partial charge is 0.0541 e. The van der Waals surface area contributed by atoms with Crippen LogP contribution in [0.1, 0.15) is 0 Å². The van der Waals surface area contributed by atoms with E-state index >= 15 is 0 Å². The van der Waals surface area contributed by atoms with Gasteiger partial charge >= 0.3 is 0 Å². The van der Waals surface area contributed by atoms with E-state index < -0.39 is 0 Å². The molecule has 0 bridgehead atoms.